The molecule has 42 heavy (non-hydrogen) atoms. The number of anilines is 1. The van der Waals surface area contributed by atoms with Gasteiger partial charge < -0.3 is 14.2 Å². The van der Waals surface area contributed by atoms with E-state index in [2.05, 4.69) is 102 Å². The second-order valence-electron chi connectivity index (χ2n) is 11.1. The molecular weight excluding hydrogens is 518 g/mol. The molecule has 4 aromatic carbocycles. The third-order valence-corrected chi connectivity index (χ3v) is 8.56. The Morgan fingerprint density at radius 3 is 1.83 bits per heavy atom. The van der Waals surface area contributed by atoms with Crippen LogP contribution < -0.4 is 4.90 Å². The van der Waals surface area contributed by atoms with Gasteiger partial charge in [-0.25, -0.2) is 4.98 Å². The maximum atomic E-state index is 13.5. The van der Waals surface area contributed by atoms with Gasteiger partial charge in [0, 0.05) is 37.4 Å². The van der Waals surface area contributed by atoms with Crippen LogP contribution in [0.3, 0.4) is 0 Å². The third kappa shape index (κ3) is 5.28. The Labute approximate surface area is 248 Å². The van der Waals surface area contributed by atoms with Gasteiger partial charge in [-0.15, -0.1) is 0 Å². The summed E-state index contributed by atoms with van der Waals surface area (Å²) in [6, 6.07) is 41.9. The van der Waals surface area contributed by atoms with Crippen LogP contribution in [0.1, 0.15) is 35.2 Å². The summed E-state index contributed by atoms with van der Waals surface area (Å²) in [7, 11) is 1.72. The van der Waals surface area contributed by atoms with Gasteiger partial charge in [-0.3, -0.25) is 4.79 Å². The van der Waals surface area contributed by atoms with Crippen molar-refractivity contribution in [3.8, 4) is 0 Å². The molecule has 1 aromatic heterocycles. The Balaban J connectivity index is 1.27. The number of para-hydroxylation sites is 1. The summed E-state index contributed by atoms with van der Waals surface area (Å²) < 4.78 is 7.78. The van der Waals surface area contributed by atoms with Gasteiger partial charge in [0.25, 0.3) is 0 Å². The average Bonchev–Trinajstić information content (AvgIpc) is 3.64. The van der Waals surface area contributed by atoms with Crippen molar-refractivity contribution in [3.63, 3.8) is 0 Å². The zero-order valence-electron chi connectivity index (χ0n) is 24.1. The van der Waals surface area contributed by atoms with Crippen molar-refractivity contribution < 1.29 is 9.53 Å². The third-order valence-electron chi connectivity index (χ3n) is 8.56. The van der Waals surface area contributed by atoms with Crippen molar-refractivity contribution in [2.75, 3.05) is 25.2 Å². The Bertz CT molecular complexity index is 1470. The molecule has 5 aromatic rings. The molecule has 6 rings (SSSR count). The molecule has 0 aliphatic carbocycles. The van der Waals surface area contributed by atoms with E-state index < -0.39 is 5.54 Å². The summed E-state index contributed by atoms with van der Waals surface area (Å²) >= 11 is 0. The molecule has 5 nitrogen and oxygen atoms in total. The molecule has 1 aliphatic rings. The van der Waals surface area contributed by atoms with Gasteiger partial charge in [0.05, 0.1) is 18.6 Å². The summed E-state index contributed by atoms with van der Waals surface area (Å²) in [5.74, 6) is 0.330. The maximum absolute atomic E-state index is 13.5. The highest BCUT2D eigenvalue weighted by Gasteiger charge is 2.41. The van der Waals surface area contributed by atoms with Crippen molar-refractivity contribution in [1.82, 2.24) is 9.55 Å². The number of aromatic nitrogens is 2. The molecular formula is C37H37N3O2. The monoisotopic (exact) mass is 555 g/mol. The van der Waals surface area contributed by atoms with E-state index in [0.29, 0.717) is 13.2 Å². The van der Waals surface area contributed by atoms with Gasteiger partial charge in [-0.1, -0.05) is 109 Å². The second-order valence-corrected chi connectivity index (χ2v) is 11.1. The number of aryl methyl sites for hydroxylation is 1. The zero-order chi connectivity index (χ0) is 28.8. The van der Waals surface area contributed by atoms with Crippen LogP contribution >= 0.6 is 0 Å². The van der Waals surface area contributed by atoms with Crippen molar-refractivity contribution >= 4 is 11.6 Å². The minimum atomic E-state index is -0.573. The van der Waals surface area contributed by atoms with E-state index in [1.165, 1.54) is 16.7 Å². The van der Waals surface area contributed by atoms with Crippen LogP contribution in [0.2, 0.25) is 0 Å². The predicted octanol–water partition coefficient (Wildman–Crippen LogP) is 6.97. The first kappa shape index (κ1) is 27.7. The van der Waals surface area contributed by atoms with Gasteiger partial charge in [-0.2, -0.15) is 0 Å². The topological polar surface area (TPSA) is 47.4 Å². The predicted molar refractivity (Wildman–Crippen MR) is 167 cm³/mol. The molecule has 0 radical (unpaired) electrons. The van der Waals surface area contributed by atoms with Crippen LogP contribution in [0.4, 0.5) is 5.69 Å². The van der Waals surface area contributed by atoms with Gasteiger partial charge in [0.1, 0.15) is 5.54 Å². The molecule has 1 aliphatic heterocycles. The fraction of sp³-hybridized carbons (Fsp3) is 0.243. The van der Waals surface area contributed by atoms with E-state index in [-0.39, 0.29) is 17.7 Å². The van der Waals surface area contributed by atoms with E-state index >= 15 is 0 Å². The Morgan fingerprint density at radius 1 is 0.786 bits per heavy atom. The zero-order valence-corrected chi connectivity index (χ0v) is 24.1. The highest BCUT2D eigenvalue weighted by Crippen LogP contribution is 2.41. The standard InChI is InChI=1S/C37H37N3O2/c1-42-27-29-25-40(34-22-12-5-13-23-34)36(41)35(29)24-14-21-33-26-39(28-38-33)37(30-15-6-2-7-16-30,31-17-8-3-9-18-31)32-19-10-4-11-20-32/h2-13,15-20,22-23,26,28-29,35H,14,21,24-25,27H2,1H3/t29-,35-/m1/s1. The Kier molecular flexibility index (Phi) is 8.29. The van der Waals surface area contributed by atoms with Crippen molar-refractivity contribution in [1.29, 1.82) is 0 Å². The fourth-order valence-corrected chi connectivity index (χ4v) is 6.60. The molecule has 0 spiro atoms. The van der Waals surface area contributed by atoms with Gasteiger partial charge >= 0.3 is 0 Å². The van der Waals surface area contributed by atoms with Gasteiger partial charge in [0.15, 0.2) is 0 Å². The largest absolute Gasteiger partial charge is 0.384 e. The van der Waals surface area contributed by atoms with Crippen molar-refractivity contribution in [2.45, 2.75) is 24.8 Å². The van der Waals surface area contributed by atoms with Crippen LogP contribution in [-0.4, -0.2) is 35.7 Å². The lowest BCUT2D eigenvalue weighted by Crippen LogP contribution is -2.36. The van der Waals surface area contributed by atoms with E-state index in [1.54, 1.807) is 7.11 Å². The van der Waals surface area contributed by atoms with Crippen LogP contribution in [0.15, 0.2) is 134 Å². The fourth-order valence-electron chi connectivity index (χ4n) is 6.60. The minimum absolute atomic E-state index is 0.0516. The summed E-state index contributed by atoms with van der Waals surface area (Å²) in [5, 5.41) is 0. The first-order valence-corrected chi connectivity index (χ1v) is 14.8. The number of benzene rings is 4. The SMILES string of the molecule is COC[C@H]1CN(c2ccccc2)C(=O)[C@@H]1CCCc1cn(C(c2ccccc2)(c2ccccc2)c2ccccc2)cn1. The number of ether oxygens (including phenoxy) is 1. The number of nitrogens with zero attached hydrogens (tertiary/aromatic N) is 3. The number of amides is 1. The Hall–Kier alpha value is -4.48. The summed E-state index contributed by atoms with van der Waals surface area (Å²) in [4.78, 5) is 20.3. The first-order valence-electron chi connectivity index (χ1n) is 14.8. The smallest absolute Gasteiger partial charge is 0.230 e. The number of hydrogen-bond acceptors (Lipinski definition) is 3. The maximum Gasteiger partial charge on any atom is 0.230 e. The molecule has 1 amide bonds. The molecule has 1 saturated heterocycles. The van der Waals surface area contributed by atoms with Crippen LogP contribution in [0.5, 0.6) is 0 Å². The van der Waals surface area contributed by atoms with E-state index in [0.717, 1.165) is 30.6 Å². The molecule has 212 valence electrons. The minimum Gasteiger partial charge on any atom is -0.384 e. The summed E-state index contributed by atoms with van der Waals surface area (Å²) in [6.45, 7) is 1.28. The lowest BCUT2D eigenvalue weighted by Gasteiger charge is -2.37. The number of hydrogen-bond donors (Lipinski definition) is 0. The summed E-state index contributed by atoms with van der Waals surface area (Å²) in [6.07, 6.45) is 6.64. The van der Waals surface area contributed by atoms with E-state index in [9.17, 15) is 4.79 Å². The van der Waals surface area contributed by atoms with E-state index in [1.807, 2.05) is 41.6 Å². The lowest BCUT2D eigenvalue weighted by molar-refractivity contribution is -0.121. The number of carbonyl (C=O) groups excluding carboxylic acids is 1. The molecule has 5 heteroatoms. The molecule has 0 saturated carbocycles. The van der Waals surface area contributed by atoms with Gasteiger partial charge in [-0.05, 0) is 48.1 Å². The molecule has 0 N–H and O–H groups in total. The molecule has 2 heterocycles. The Morgan fingerprint density at radius 2 is 1.31 bits per heavy atom. The van der Waals surface area contributed by atoms with Crippen molar-refractivity contribution in [2.24, 2.45) is 11.8 Å². The highest BCUT2D eigenvalue weighted by molar-refractivity contribution is 5.97. The second kappa shape index (κ2) is 12.6. The number of rotatable bonds is 11. The highest BCUT2D eigenvalue weighted by atomic mass is 16.5. The molecule has 1 fully saturated rings. The van der Waals surface area contributed by atoms with Crippen LogP contribution in [0, 0.1) is 11.8 Å². The summed E-state index contributed by atoms with van der Waals surface area (Å²) in [5.41, 5.74) is 4.93. The van der Waals surface area contributed by atoms with Crippen LogP contribution in [0.25, 0.3) is 0 Å². The lowest BCUT2D eigenvalue weighted by atomic mass is 9.77. The molecule has 0 unspecified atom stereocenters. The number of carbonyl (C=O) groups is 1. The quantitative estimate of drug-likeness (QED) is 0.165. The normalized spacial score (nSPS) is 17.1. The first-order chi connectivity index (χ1) is 20.7. The van der Waals surface area contributed by atoms with Crippen molar-refractivity contribution in [3.05, 3.63) is 156 Å². The van der Waals surface area contributed by atoms with E-state index in [4.69, 9.17) is 9.72 Å². The number of methoxy groups -OCH3 is 1. The number of imidazole rings is 1. The van der Waals surface area contributed by atoms with Gasteiger partial charge in [0.2, 0.25) is 5.91 Å². The molecule has 0 bridgehead atoms. The van der Waals surface area contributed by atoms with Crippen LogP contribution in [-0.2, 0) is 21.5 Å². The molecule has 2 atom stereocenters. The average molecular weight is 556 g/mol.